The second-order valence-corrected chi connectivity index (χ2v) is 7.33. The number of nitrogens with one attached hydrogen (secondary N) is 1. The largest absolute Gasteiger partial charge is 0.465 e. The number of benzene rings is 1. The molecule has 1 N–H and O–H groups in total. The van der Waals surface area contributed by atoms with Gasteiger partial charge in [-0.3, -0.25) is 9.59 Å². The van der Waals surface area contributed by atoms with E-state index < -0.39 is 11.8 Å². The predicted molar refractivity (Wildman–Crippen MR) is 99.3 cm³/mol. The number of piperidine rings is 1. The Balaban J connectivity index is 1.62. The first-order chi connectivity index (χ1) is 13.0. The van der Waals surface area contributed by atoms with E-state index in [-0.39, 0.29) is 17.7 Å². The van der Waals surface area contributed by atoms with E-state index in [0.29, 0.717) is 41.4 Å². The van der Waals surface area contributed by atoms with Crippen LogP contribution in [0.3, 0.4) is 0 Å². The highest BCUT2D eigenvalue weighted by molar-refractivity contribution is 7.18. The molecule has 2 amide bonds. The molecule has 0 saturated carbocycles. The van der Waals surface area contributed by atoms with Crippen molar-refractivity contribution in [3.05, 3.63) is 52.7 Å². The fourth-order valence-corrected chi connectivity index (χ4v) is 3.82. The fourth-order valence-electron chi connectivity index (χ4n) is 2.99. The maximum Gasteiger partial charge on any atom is 0.348 e. The van der Waals surface area contributed by atoms with Gasteiger partial charge in [-0.15, -0.1) is 11.3 Å². The predicted octanol–water partition coefficient (Wildman–Crippen LogP) is 3.16. The number of nitrogens with zero attached hydrogens (tertiary/aromatic N) is 1. The summed E-state index contributed by atoms with van der Waals surface area (Å²) in [6, 6.07) is 8.63. The van der Waals surface area contributed by atoms with E-state index in [1.807, 2.05) is 0 Å². The second kappa shape index (κ2) is 8.30. The molecule has 1 aliphatic rings. The van der Waals surface area contributed by atoms with Gasteiger partial charge in [-0.1, -0.05) is 0 Å². The van der Waals surface area contributed by atoms with Gasteiger partial charge in [0.2, 0.25) is 5.91 Å². The van der Waals surface area contributed by atoms with Crippen molar-refractivity contribution in [2.24, 2.45) is 5.92 Å². The first kappa shape index (κ1) is 19.0. The van der Waals surface area contributed by atoms with Crippen molar-refractivity contribution in [3.8, 4) is 0 Å². The molecule has 1 unspecified atom stereocenters. The molecular formula is C19H19FN2O4S. The number of amides is 2. The van der Waals surface area contributed by atoms with Crippen LogP contribution in [0.5, 0.6) is 0 Å². The number of anilines is 1. The van der Waals surface area contributed by atoms with Crippen LogP contribution in [0.25, 0.3) is 0 Å². The molecule has 0 aliphatic carbocycles. The van der Waals surface area contributed by atoms with Gasteiger partial charge in [-0.25, -0.2) is 9.18 Å². The molecule has 2 heterocycles. The van der Waals surface area contributed by atoms with Crippen LogP contribution in [-0.4, -0.2) is 42.9 Å². The summed E-state index contributed by atoms with van der Waals surface area (Å²) in [7, 11) is 1.30. The summed E-state index contributed by atoms with van der Waals surface area (Å²) < 4.78 is 17.7. The summed E-state index contributed by atoms with van der Waals surface area (Å²) >= 11 is 1.14. The van der Waals surface area contributed by atoms with Crippen LogP contribution in [0, 0.1) is 11.7 Å². The maximum absolute atomic E-state index is 13.0. The number of likely N-dealkylation sites (tertiary alicyclic amines) is 1. The molecule has 1 atom stereocenters. The van der Waals surface area contributed by atoms with E-state index in [0.717, 1.165) is 11.3 Å². The van der Waals surface area contributed by atoms with Crippen LogP contribution >= 0.6 is 11.3 Å². The molecular weight excluding hydrogens is 371 g/mol. The van der Waals surface area contributed by atoms with Crippen LogP contribution in [0.2, 0.25) is 0 Å². The monoisotopic (exact) mass is 390 g/mol. The standard InChI is InChI=1S/C19H19FN2O4S/c1-26-19(25)15-8-9-16(27-15)21-17(23)13-3-2-10-22(11-13)18(24)12-4-6-14(20)7-5-12/h4-9,13H,2-3,10-11H2,1H3,(H,21,23). The quantitative estimate of drug-likeness (QED) is 0.814. The minimum atomic E-state index is -0.450. The Bertz CT molecular complexity index is 850. The molecule has 0 bridgehead atoms. The van der Waals surface area contributed by atoms with E-state index in [1.165, 1.54) is 31.4 Å². The first-order valence-electron chi connectivity index (χ1n) is 8.52. The van der Waals surface area contributed by atoms with Crippen molar-refractivity contribution < 1.29 is 23.5 Å². The van der Waals surface area contributed by atoms with Crippen molar-refractivity contribution in [2.75, 3.05) is 25.5 Å². The smallest absolute Gasteiger partial charge is 0.348 e. The molecule has 2 aromatic rings. The van der Waals surface area contributed by atoms with Crippen LogP contribution < -0.4 is 5.32 Å². The van der Waals surface area contributed by atoms with Crippen molar-refractivity contribution in [1.82, 2.24) is 4.90 Å². The zero-order valence-corrected chi connectivity index (χ0v) is 15.6. The Labute approximate surface area is 159 Å². The topological polar surface area (TPSA) is 75.7 Å². The molecule has 1 fully saturated rings. The summed E-state index contributed by atoms with van der Waals surface area (Å²) in [4.78, 5) is 38.7. The minimum Gasteiger partial charge on any atom is -0.465 e. The molecule has 0 radical (unpaired) electrons. The van der Waals surface area contributed by atoms with Gasteiger partial charge in [0.1, 0.15) is 10.7 Å². The third-order valence-corrected chi connectivity index (χ3v) is 5.39. The summed E-state index contributed by atoms with van der Waals surface area (Å²) in [5.41, 5.74) is 0.401. The van der Waals surface area contributed by atoms with Crippen molar-refractivity contribution in [3.63, 3.8) is 0 Å². The third kappa shape index (κ3) is 4.51. The highest BCUT2D eigenvalue weighted by Gasteiger charge is 2.29. The van der Waals surface area contributed by atoms with Crippen LogP contribution in [0.15, 0.2) is 36.4 Å². The maximum atomic E-state index is 13.0. The second-order valence-electron chi connectivity index (χ2n) is 6.24. The molecule has 3 rings (SSSR count). The van der Waals surface area contributed by atoms with Crippen molar-refractivity contribution >= 4 is 34.1 Å². The number of hydrogen-bond acceptors (Lipinski definition) is 5. The number of esters is 1. The minimum absolute atomic E-state index is 0.190. The number of thiophene rings is 1. The fraction of sp³-hybridized carbons (Fsp3) is 0.316. The number of carbonyl (C=O) groups excluding carboxylic acids is 3. The van der Waals surface area contributed by atoms with E-state index in [1.54, 1.807) is 17.0 Å². The first-order valence-corrected chi connectivity index (χ1v) is 9.33. The van der Waals surface area contributed by atoms with E-state index in [4.69, 9.17) is 0 Å². The Morgan fingerprint density at radius 1 is 1.19 bits per heavy atom. The van der Waals surface area contributed by atoms with Crippen LogP contribution in [0.4, 0.5) is 9.39 Å². The van der Waals surface area contributed by atoms with Gasteiger partial charge in [0.15, 0.2) is 0 Å². The average Bonchev–Trinajstić information content (AvgIpc) is 3.16. The third-order valence-electron chi connectivity index (χ3n) is 4.41. The van der Waals surface area contributed by atoms with Gasteiger partial charge in [0, 0.05) is 18.7 Å². The number of carbonyl (C=O) groups is 3. The van der Waals surface area contributed by atoms with E-state index >= 15 is 0 Å². The Kier molecular flexibility index (Phi) is 5.85. The summed E-state index contributed by atoms with van der Waals surface area (Å²) in [6.45, 7) is 0.864. The molecule has 1 aromatic carbocycles. The zero-order valence-electron chi connectivity index (χ0n) is 14.7. The molecule has 1 saturated heterocycles. The van der Waals surface area contributed by atoms with Crippen LogP contribution in [0.1, 0.15) is 32.9 Å². The number of hydrogen-bond donors (Lipinski definition) is 1. The SMILES string of the molecule is COC(=O)c1ccc(NC(=O)C2CCCN(C(=O)c3ccc(F)cc3)C2)s1. The number of rotatable bonds is 4. The van der Waals surface area contributed by atoms with Crippen molar-refractivity contribution in [2.45, 2.75) is 12.8 Å². The lowest BCUT2D eigenvalue weighted by Crippen LogP contribution is -2.43. The summed E-state index contributed by atoms with van der Waals surface area (Å²) in [5.74, 6) is -1.59. The number of methoxy groups -OCH3 is 1. The number of halogens is 1. The van der Waals surface area contributed by atoms with Gasteiger partial charge in [-0.05, 0) is 49.2 Å². The average molecular weight is 390 g/mol. The zero-order chi connectivity index (χ0) is 19.4. The van der Waals surface area contributed by atoms with Gasteiger partial charge in [0.05, 0.1) is 18.0 Å². The normalized spacial score (nSPS) is 16.7. The molecule has 6 nitrogen and oxygen atoms in total. The molecule has 8 heteroatoms. The highest BCUT2D eigenvalue weighted by atomic mass is 32.1. The van der Waals surface area contributed by atoms with Crippen molar-refractivity contribution in [1.29, 1.82) is 0 Å². The molecule has 1 aliphatic heterocycles. The van der Waals surface area contributed by atoms with Gasteiger partial charge in [0.25, 0.3) is 5.91 Å². The lowest BCUT2D eigenvalue weighted by atomic mass is 9.96. The van der Waals surface area contributed by atoms with Gasteiger partial charge in [-0.2, -0.15) is 0 Å². The molecule has 0 spiro atoms. The Hall–Kier alpha value is -2.74. The van der Waals surface area contributed by atoms with Gasteiger partial charge >= 0.3 is 5.97 Å². The number of ether oxygens (including phenoxy) is 1. The molecule has 142 valence electrons. The Morgan fingerprint density at radius 2 is 1.93 bits per heavy atom. The Morgan fingerprint density at radius 3 is 2.63 bits per heavy atom. The summed E-state index contributed by atoms with van der Waals surface area (Å²) in [6.07, 6.45) is 1.39. The molecule has 1 aromatic heterocycles. The van der Waals surface area contributed by atoms with E-state index in [9.17, 15) is 18.8 Å². The summed E-state index contributed by atoms with van der Waals surface area (Å²) in [5, 5.41) is 3.36. The molecule has 27 heavy (non-hydrogen) atoms. The van der Waals surface area contributed by atoms with Gasteiger partial charge < -0.3 is 15.0 Å². The lowest BCUT2D eigenvalue weighted by molar-refractivity contribution is -0.121. The van der Waals surface area contributed by atoms with Crippen LogP contribution in [-0.2, 0) is 9.53 Å². The highest BCUT2D eigenvalue weighted by Crippen LogP contribution is 2.25. The lowest BCUT2D eigenvalue weighted by Gasteiger charge is -2.32. The van der Waals surface area contributed by atoms with E-state index in [2.05, 4.69) is 10.1 Å².